The molecule has 0 bridgehead atoms. The minimum Gasteiger partial charge on any atom is -0.465 e. The van der Waals surface area contributed by atoms with Gasteiger partial charge >= 0.3 is 5.97 Å². The van der Waals surface area contributed by atoms with Gasteiger partial charge in [0.2, 0.25) is 5.91 Å². The SMILES string of the molecule is COC(=O)c1ccc(NC(=O)CCS(=O)(=O)c2cccc(Cl)c2)cc1. The van der Waals surface area contributed by atoms with E-state index in [1.807, 2.05) is 0 Å². The molecule has 0 aliphatic rings. The fraction of sp³-hybridized carbons (Fsp3) is 0.176. The average Bonchev–Trinajstić information content (AvgIpc) is 2.60. The van der Waals surface area contributed by atoms with Crippen molar-refractivity contribution < 1.29 is 22.7 Å². The summed E-state index contributed by atoms with van der Waals surface area (Å²) in [5.74, 6) is -1.26. The van der Waals surface area contributed by atoms with Gasteiger partial charge in [-0.2, -0.15) is 0 Å². The summed E-state index contributed by atoms with van der Waals surface area (Å²) >= 11 is 5.79. The molecule has 1 N–H and O–H groups in total. The first-order valence-corrected chi connectivity index (χ1v) is 9.31. The molecule has 0 atom stereocenters. The summed E-state index contributed by atoms with van der Waals surface area (Å²) in [6.07, 6.45) is -0.201. The highest BCUT2D eigenvalue weighted by Gasteiger charge is 2.17. The number of rotatable bonds is 6. The molecule has 0 aliphatic heterocycles. The Balaban J connectivity index is 1.95. The van der Waals surface area contributed by atoms with Crippen LogP contribution in [-0.4, -0.2) is 33.2 Å². The first kappa shape index (κ1) is 19.0. The van der Waals surface area contributed by atoms with E-state index in [1.165, 1.54) is 49.6 Å². The fourth-order valence-electron chi connectivity index (χ4n) is 2.04. The standard InChI is InChI=1S/C17H16ClNO5S/c1-24-17(21)12-5-7-14(8-6-12)19-16(20)9-10-25(22,23)15-4-2-3-13(18)11-15/h2-8,11H,9-10H2,1H3,(H,19,20). The van der Waals surface area contributed by atoms with Crippen molar-refractivity contribution in [3.63, 3.8) is 0 Å². The number of hydrogen-bond donors (Lipinski definition) is 1. The van der Waals surface area contributed by atoms with E-state index in [2.05, 4.69) is 10.1 Å². The number of sulfone groups is 1. The van der Waals surface area contributed by atoms with Crippen LogP contribution in [-0.2, 0) is 19.4 Å². The maximum Gasteiger partial charge on any atom is 0.337 e. The largest absolute Gasteiger partial charge is 0.465 e. The molecule has 25 heavy (non-hydrogen) atoms. The molecule has 0 aliphatic carbocycles. The Morgan fingerprint density at radius 1 is 1.12 bits per heavy atom. The number of esters is 1. The zero-order valence-corrected chi connectivity index (χ0v) is 14.9. The Labute approximate surface area is 150 Å². The lowest BCUT2D eigenvalue weighted by Gasteiger charge is -2.07. The molecule has 2 rings (SSSR count). The summed E-state index contributed by atoms with van der Waals surface area (Å²) in [7, 11) is -2.32. The van der Waals surface area contributed by atoms with Gasteiger partial charge in [-0.3, -0.25) is 4.79 Å². The van der Waals surface area contributed by atoms with Gasteiger partial charge in [0.15, 0.2) is 9.84 Å². The lowest BCUT2D eigenvalue weighted by atomic mass is 10.2. The van der Waals surface area contributed by atoms with Gasteiger partial charge in [0.25, 0.3) is 0 Å². The maximum absolute atomic E-state index is 12.2. The number of ether oxygens (including phenoxy) is 1. The molecule has 0 unspecified atom stereocenters. The summed E-state index contributed by atoms with van der Waals surface area (Å²) in [4.78, 5) is 23.4. The summed E-state index contributed by atoms with van der Waals surface area (Å²) < 4.78 is 29.0. The van der Waals surface area contributed by atoms with E-state index in [1.54, 1.807) is 6.07 Å². The smallest absolute Gasteiger partial charge is 0.337 e. The number of methoxy groups -OCH3 is 1. The minimum absolute atomic E-state index is 0.0789. The zero-order valence-electron chi connectivity index (χ0n) is 13.4. The van der Waals surface area contributed by atoms with Crippen molar-refractivity contribution >= 4 is 39.0 Å². The summed E-state index contributed by atoms with van der Waals surface area (Å²) in [6.45, 7) is 0. The van der Waals surface area contributed by atoms with Gasteiger partial charge in [-0.05, 0) is 42.5 Å². The van der Waals surface area contributed by atoms with Crippen LogP contribution in [0.5, 0.6) is 0 Å². The molecular formula is C17H16ClNO5S. The third kappa shape index (κ3) is 5.30. The van der Waals surface area contributed by atoms with Crippen LogP contribution in [0.3, 0.4) is 0 Å². The lowest BCUT2D eigenvalue weighted by Crippen LogP contribution is -2.17. The Morgan fingerprint density at radius 3 is 2.40 bits per heavy atom. The number of anilines is 1. The van der Waals surface area contributed by atoms with Crippen LogP contribution in [0.4, 0.5) is 5.69 Å². The van der Waals surface area contributed by atoms with Gasteiger partial charge in [0.1, 0.15) is 0 Å². The summed E-state index contributed by atoms with van der Waals surface area (Å²) in [5.41, 5.74) is 0.807. The molecule has 0 fully saturated rings. The van der Waals surface area contributed by atoms with Crippen molar-refractivity contribution in [3.8, 4) is 0 Å². The third-order valence-corrected chi connectivity index (χ3v) is 5.29. The fourth-order valence-corrected chi connectivity index (χ4v) is 3.57. The Morgan fingerprint density at radius 2 is 1.80 bits per heavy atom. The number of benzene rings is 2. The van der Waals surface area contributed by atoms with E-state index in [0.29, 0.717) is 16.3 Å². The van der Waals surface area contributed by atoms with Crippen molar-refractivity contribution in [2.45, 2.75) is 11.3 Å². The van der Waals surface area contributed by atoms with Gasteiger partial charge < -0.3 is 10.1 Å². The predicted octanol–water partition coefficient (Wildman–Crippen LogP) is 2.93. The van der Waals surface area contributed by atoms with Gasteiger partial charge in [-0.25, -0.2) is 13.2 Å². The Kier molecular flexibility index (Phi) is 6.17. The predicted molar refractivity (Wildman–Crippen MR) is 94.5 cm³/mol. The maximum atomic E-state index is 12.2. The second kappa shape index (κ2) is 8.13. The molecular weight excluding hydrogens is 366 g/mol. The van der Waals surface area contributed by atoms with Crippen molar-refractivity contribution in [2.75, 3.05) is 18.2 Å². The van der Waals surface area contributed by atoms with E-state index >= 15 is 0 Å². The molecule has 2 aromatic rings. The van der Waals surface area contributed by atoms with E-state index < -0.39 is 21.7 Å². The topological polar surface area (TPSA) is 89.5 Å². The lowest BCUT2D eigenvalue weighted by molar-refractivity contribution is -0.115. The van der Waals surface area contributed by atoms with Gasteiger partial charge in [0, 0.05) is 17.1 Å². The highest BCUT2D eigenvalue weighted by atomic mass is 35.5. The van der Waals surface area contributed by atoms with Gasteiger partial charge in [-0.1, -0.05) is 17.7 Å². The van der Waals surface area contributed by atoms with Crippen molar-refractivity contribution in [1.29, 1.82) is 0 Å². The summed E-state index contributed by atoms with van der Waals surface area (Å²) in [5, 5.41) is 2.90. The first-order valence-electron chi connectivity index (χ1n) is 7.28. The van der Waals surface area contributed by atoms with Crippen LogP contribution >= 0.6 is 11.6 Å². The second-order valence-corrected chi connectivity index (χ2v) is 7.69. The van der Waals surface area contributed by atoms with Gasteiger partial charge in [0.05, 0.1) is 23.3 Å². The number of carbonyl (C=O) groups excluding carboxylic acids is 2. The highest BCUT2D eigenvalue weighted by molar-refractivity contribution is 7.91. The Hall–Kier alpha value is -2.38. The molecule has 0 radical (unpaired) electrons. The number of carbonyl (C=O) groups is 2. The number of amides is 1. The highest BCUT2D eigenvalue weighted by Crippen LogP contribution is 2.18. The van der Waals surface area contributed by atoms with Crippen LogP contribution in [0, 0.1) is 0 Å². The second-order valence-electron chi connectivity index (χ2n) is 5.14. The number of hydrogen-bond acceptors (Lipinski definition) is 5. The molecule has 8 heteroatoms. The van der Waals surface area contributed by atoms with E-state index in [9.17, 15) is 18.0 Å². The molecule has 0 spiro atoms. The first-order chi connectivity index (χ1) is 11.8. The molecule has 0 saturated heterocycles. The molecule has 0 aromatic heterocycles. The molecule has 6 nitrogen and oxygen atoms in total. The number of nitrogens with one attached hydrogen (secondary N) is 1. The van der Waals surface area contributed by atoms with Crippen molar-refractivity contribution in [2.24, 2.45) is 0 Å². The molecule has 1 amide bonds. The van der Waals surface area contributed by atoms with Crippen LogP contribution in [0.2, 0.25) is 5.02 Å². The normalized spacial score (nSPS) is 11.0. The van der Waals surface area contributed by atoms with Crippen LogP contribution in [0.15, 0.2) is 53.4 Å². The molecule has 0 heterocycles. The van der Waals surface area contributed by atoms with Crippen LogP contribution in [0.1, 0.15) is 16.8 Å². The average molecular weight is 382 g/mol. The van der Waals surface area contributed by atoms with Gasteiger partial charge in [-0.15, -0.1) is 0 Å². The van der Waals surface area contributed by atoms with Crippen LogP contribution < -0.4 is 5.32 Å². The Bertz CT molecular complexity index is 878. The minimum atomic E-state index is -3.60. The quantitative estimate of drug-likeness (QED) is 0.777. The van der Waals surface area contributed by atoms with E-state index in [-0.39, 0.29) is 17.1 Å². The molecule has 2 aromatic carbocycles. The molecule has 132 valence electrons. The zero-order chi connectivity index (χ0) is 18.4. The van der Waals surface area contributed by atoms with Crippen LogP contribution in [0.25, 0.3) is 0 Å². The summed E-state index contributed by atoms with van der Waals surface area (Å²) in [6, 6.07) is 12.0. The molecule has 0 saturated carbocycles. The van der Waals surface area contributed by atoms with E-state index in [0.717, 1.165) is 0 Å². The monoisotopic (exact) mass is 381 g/mol. The van der Waals surface area contributed by atoms with Crippen molar-refractivity contribution in [1.82, 2.24) is 0 Å². The van der Waals surface area contributed by atoms with E-state index in [4.69, 9.17) is 11.6 Å². The van der Waals surface area contributed by atoms with Crippen molar-refractivity contribution in [3.05, 3.63) is 59.1 Å². The number of halogens is 1. The third-order valence-electron chi connectivity index (χ3n) is 3.34.